The van der Waals surface area contributed by atoms with Crippen molar-refractivity contribution in [2.45, 2.75) is 20.1 Å². The van der Waals surface area contributed by atoms with Crippen LogP contribution in [0, 0.1) is 6.92 Å². The van der Waals surface area contributed by atoms with E-state index < -0.39 is 0 Å². The third-order valence-corrected chi connectivity index (χ3v) is 4.35. The van der Waals surface area contributed by atoms with Gasteiger partial charge in [0.15, 0.2) is 0 Å². The van der Waals surface area contributed by atoms with Gasteiger partial charge in [-0.2, -0.15) is 0 Å². The monoisotopic (exact) mass is 371 g/mol. The summed E-state index contributed by atoms with van der Waals surface area (Å²) in [5, 5.41) is 4.87. The molecule has 0 aliphatic heterocycles. The molecule has 0 atom stereocenters. The van der Waals surface area contributed by atoms with E-state index in [4.69, 9.17) is 27.9 Å². The van der Waals surface area contributed by atoms with Gasteiger partial charge >= 0.3 is 0 Å². The van der Waals surface area contributed by atoms with Crippen LogP contribution in [0.3, 0.4) is 0 Å². The molecule has 3 aromatic carbocycles. The van der Waals surface area contributed by atoms with E-state index in [1.54, 1.807) is 0 Å². The van der Waals surface area contributed by atoms with Gasteiger partial charge in [0.2, 0.25) is 0 Å². The molecule has 0 aliphatic carbocycles. The van der Waals surface area contributed by atoms with Gasteiger partial charge < -0.3 is 10.1 Å². The summed E-state index contributed by atoms with van der Waals surface area (Å²) >= 11 is 12.1. The maximum absolute atomic E-state index is 6.06. The van der Waals surface area contributed by atoms with Crippen molar-refractivity contribution in [2.24, 2.45) is 0 Å². The van der Waals surface area contributed by atoms with Crippen LogP contribution in [0.25, 0.3) is 0 Å². The largest absolute Gasteiger partial charge is 0.489 e. The van der Waals surface area contributed by atoms with Gasteiger partial charge in [0.05, 0.1) is 0 Å². The third kappa shape index (κ3) is 5.15. The summed E-state index contributed by atoms with van der Waals surface area (Å²) in [5.41, 5.74) is 4.39. The Labute approximate surface area is 158 Å². The molecule has 0 saturated heterocycles. The molecular weight excluding hydrogens is 353 g/mol. The Kier molecular flexibility index (Phi) is 5.85. The van der Waals surface area contributed by atoms with Crippen LogP contribution < -0.4 is 10.1 Å². The van der Waals surface area contributed by atoms with Crippen LogP contribution in [0.15, 0.2) is 66.7 Å². The number of anilines is 1. The number of hydrogen-bond donors (Lipinski definition) is 1. The summed E-state index contributed by atoms with van der Waals surface area (Å²) in [6.07, 6.45) is 0. The zero-order valence-corrected chi connectivity index (χ0v) is 15.4. The van der Waals surface area contributed by atoms with Crippen molar-refractivity contribution in [3.05, 3.63) is 93.5 Å². The molecule has 0 saturated carbocycles. The van der Waals surface area contributed by atoms with E-state index in [0.717, 1.165) is 38.2 Å². The number of aryl methyl sites for hydroxylation is 1. The highest BCUT2D eigenvalue weighted by Crippen LogP contribution is 2.22. The second-order valence-electron chi connectivity index (χ2n) is 5.88. The molecule has 25 heavy (non-hydrogen) atoms. The average molecular weight is 372 g/mol. The molecule has 0 heterocycles. The van der Waals surface area contributed by atoms with Crippen LogP contribution in [-0.2, 0) is 13.2 Å². The zero-order valence-electron chi connectivity index (χ0n) is 13.9. The first kappa shape index (κ1) is 17.7. The van der Waals surface area contributed by atoms with Crippen molar-refractivity contribution in [1.29, 1.82) is 0 Å². The molecule has 0 fully saturated rings. The SMILES string of the molecule is Cc1ccc(Cl)cc1NCc1cccc(OCc2cccc(Cl)c2)c1. The topological polar surface area (TPSA) is 21.3 Å². The van der Waals surface area contributed by atoms with E-state index in [1.165, 1.54) is 0 Å². The van der Waals surface area contributed by atoms with Crippen molar-refractivity contribution >= 4 is 28.9 Å². The lowest BCUT2D eigenvalue weighted by atomic mass is 10.1. The number of hydrogen-bond acceptors (Lipinski definition) is 2. The molecule has 3 rings (SSSR count). The van der Waals surface area contributed by atoms with Crippen LogP contribution in [0.2, 0.25) is 10.0 Å². The van der Waals surface area contributed by atoms with Crippen molar-refractivity contribution in [3.63, 3.8) is 0 Å². The lowest BCUT2D eigenvalue weighted by molar-refractivity contribution is 0.306. The minimum absolute atomic E-state index is 0.491. The van der Waals surface area contributed by atoms with Crippen molar-refractivity contribution in [3.8, 4) is 5.75 Å². The third-order valence-electron chi connectivity index (χ3n) is 3.88. The Bertz CT molecular complexity index is 864. The predicted molar refractivity (Wildman–Crippen MR) is 106 cm³/mol. The predicted octanol–water partition coefficient (Wildman–Crippen LogP) is 6.49. The summed E-state index contributed by atoms with van der Waals surface area (Å²) in [4.78, 5) is 0. The molecule has 128 valence electrons. The molecule has 4 heteroatoms. The fourth-order valence-electron chi connectivity index (χ4n) is 2.52. The summed E-state index contributed by atoms with van der Waals surface area (Å²) in [7, 11) is 0. The highest BCUT2D eigenvalue weighted by molar-refractivity contribution is 6.31. The fourth-order valence-corrected chi connectivity index (χ4v) is 2.91. The quantitative estimate of drug-likeness (QED) is 0.534. The number of nitrogens with one attached hydrogen (secondary N) is 1. The van der Waals surface area contributed by atoms with E-state index >= 15 is 0 Å². The summed E-state index contributed by atoms with van der Waals surface area (Å²) in [5.74, 6) is 0.835. The Hall–Kier alpha value is -2.16. The highest BCUT2D eigenvalue weighted by Gasteiger charge is 2.02. The van der Waals surface area contributed by atoms with Gasteiger partial charge in [-0.05, 0) is 60.0 Å². The van der Waals surface area contributed by atoms with Crippen LogP contribution >= 0.6 is 23.2 Å². The van der Waals surface area contributed by atoms with E-state index in [-0.39, 0.29) is 0 Å². The first-order chi connectivity index (χ1) is 12.1. The molecule has 0 bridgehead atoms. The summed E-state index contributed by atoms with van der Waals surface area (Å²) in [6, 6.07) is 21.6. The van der Waals surface area contributed by atoms with Crippen LogP contribution in [0.5, 0.6) is 5.75 Å². The minimum Gasteiger partial charge on any atom is -0.489 e. The smallest absolute Gasteiger partial charge is 0.120 e. The van der Waals surface area contributed by atoms with Gasteiger partial charge in [-0.1, -0.05) is 53.5 Å². The first-order valence-corrected chi connectivity index (χ1v) is 8.82. The van der Waals surface area contributed by atoms with Crippen molar-refractivity contribution < 1.29 is 4.74 Å². The number of benzene rings is 3. The number of halogens is 2. The van der Waals surface area contributed by atoms with E-state index in [9.17, 15) is 0 Å². The normalized spacial score (nSPS) is 10.5. The lowest BCUT2D eigenvalue weighted by Gasteiger charge is -2.12. The van der Waals surface area contributed by atoms with E-state index in [1.807, 2.05) is 60.7 Å². The van der Waals surface area contributed by atoms with Crippen LogP contribution in [0.4, 0.5) is 5.69 Å². The molecule has 0 aliphatic rings. The van der Waals surface area contributed by atoms with Crippen LogP contribution in [0.1, 0.15) is 16.7 Å². The van der Waals surface area contributed by atoms with Gasteiger partial charge in [-0.25, -0.2) is 0 Å². The van der Waals surface area contributed by atoms with Gasteiger partial charge in [0.1, 0.15) is 12.4 Å². The number of rotatable bonds is 6. The highest BCUT2D eigenvalue weighted by atomic mass is 35.5. The second-order valence-corrected chi connectivity index (χ2v) is 6.75. The maximum Gasteiger partial charge on any atom is 0.120 e. The standard InChI is InChI=1S/C21H19Cl2NO/c1-15-8-9-19(23)12-21(15)24-13-16-4-3-7-20(11-16)25-14-17-5-2-6-18(22)10-17/h2-12,24H,13-14H2,1H3. The summed E-state index contributed by atoms with van der Waals surface area (Å²) < 4.78 is 5.88. The maximum atomic E-state index is 6.06. The zero-order chi connectivity index (χ0) is 17.6. The molecule has 0 aromatic heterocycles. The Morgan fingerprint density at radius 3 is 2.44 bits per heavy atom. The Balaban J connectivity index is 1.62. The van der Waals surface area contributed by atoms with Gasteiger partial charge in [-0.15, -0.1) is 0 Å². The van der Waals surface area contributed by atoms with Crippen molar-refractivity contribution in [1.82, 2.24) is 0 Å². The molecule has 1 N–H and O–H groups in total. The second kappa shape index (κ2) is 8.28. The van der Waals surface area contributed by atoms with E-state index in [2.05, 4.69) is 18.3 Å². The molecule has 0 amide bonds. The minimum atomic E-state index is 0.491. The van der Waals surface area contributed by atoms with Gasteiger partial charge in [-0.3, -0.25) is 0 Å². The molecule has 0 unspecified atom stereocenters. The molecule has 0 radical (unpaired) electrons. The molecule has 0 spiro atoms. The molecular formula is C21H19Cl2NO. The molecule has 2 nitrogen and oxygen atoms in total. The van der Waals surface area contributed by atoms with Gasteiger partial charge in [0.25, 0.3) is 0 Å². The fraction of sp³-hybridized carbons (Fsp3) is 0.143. The van der Waals surface area contributed by atoms with Crippen LogP contribution in [-0.4, -0.2) is 0 Å². The summed E-state index contributed by atoms with van der Waals surface area (Å²) in [6.45, 7) is 3.25. The van der Waals surface area contributed by atoms with Crippen molar-refractivity contribution in [2.75, 3.05) is 5.32 Å². The van der Waals surface area contributed by atoms with E-state index in [0.29, 0.717) is 13.2 Å². The average Bonchev–Trinajstić information content (AvgIpc) is 2.61. The number of ether oxygens (including phenoxy) is 1. The molecule has 3 aromatic rings. The Morgan fingerprint density at radius 1 is 0.840 bits per heavy atom. The lowest BCUT2D eigenvalue weighted by Crippen LogP contribution is -2.02. The van der Waals surface area contributed by atoms with Gasteiger partial charge in [0, 0.05) is 22.3 Å². The Morgan fingerprint density at radius 2 is 1.60 bits per heavy atom. The first-order valence-electron chi connectivity index (χ1n) is 8.06.